The van der Waals surface area contributed by atoms with Crippen molar-refractivity contribution < 1.29 is 9.53 Å². The van der Waals surface area contributed by atoms with Gasteiger partial charge in [-0.3, -0.25) is 0 Å². The third kappa shape index (κ3) is 2.50. The summed E-state index contributed by atoms with van der Waals surface area (Å²) in [4.78, 5) is 14.2. The number of hydrogen-bond acceptors (Lipinski definition) is 2. The van der Waals surface area contributed by atoms with Crippen LogP contribution in [0.15, 0.2) is 18.2 Å². The van der Waals surface area contributed by atoms with Crippen molar-refractivity contribution in [2.45, 2.75) is 19.8 Å². The molecule has 1 atom stereocenters. The molecule has 2 amide bonds. The number of likely N-dealkylation sites (tertiary alicyclic amines) is 1. The highest BCUT2D eigenvalue weighted by Crippen LogP contribution is 2.38. The summed E-state index contributed by atoms with van der Waals surface area (Å²) in [7, 11) is 0. The van der Waals surface area contributed by atoms with Crippen molar-refractivity contribution >= 4 is 23.3 Å². The molecule has 1 spiro atoms. The summed E-state index contributed by atoms with van der Waals surface area (Å²) < 4.78 is 5.49. The molecule has 2 saturated heterocycles. The Morgan fingerprint density at radius 2 is 2.30 bits per heavy atom. The maximum absolute atomic E-state index is 12.4. The van der Waals surface area contributed by atoms with Crippen molar-refractivity contribution in [3.05, 3.63) is 28.8 Å². The van der Waals surface area contributed by atoms with Gasteiger partial charge in [0.05, 0.1) is 17.3 Å². The Hall–Kier alpha value is -1.26. The van der Waals surface area contributed by atoms with Crippen LogP contribution in [-0.2, 0) is 4.74 Å². The molecule has 0 radical (unpaired) electrons. The lowest BCUT2D eigenvalue weighted by Crippen LogP contribution is -2.35. The number of nitrogens with one attached hydrogen (secondary N) is 1. The molecule has 2 aliphatic rings. The predicted octanol–water partition coefficient (Wildman–Crippen LogP) is 3.29. The number of urea groups is 1. The van der Waals surface area contributed by atoms with Gasteiger partial charge in [0, 0.05) is 25.1 Å². The summed E-state index contributed by atoms with van der Waals surface area (Å²) in [6.07, 6.45) is 2.09. The summed E-state index contributed by atoms with van der Waals surface area (Å²) in [5, 5.41) is 3.52. The van der Waals surface area contributed by atoms with Crippen molar-refractivity contribution in [1.29, 1.82) is 0 Å². The Morgan fingerprint density at radius 1 is 1.45 bits per heavy atom. The molecule has 0 aromatic heterocycles. The highest BCUT2D eigenvalue weighted by atomic mass is 35.5. The van der Waals surface area contributed by atoms with Gasteiger partial charge in [-0.2, -0.15) is 0 Å². The second kappa shape index (κ2) is 5.26. The SMILES string of the molecule is Cc1cccc(Cl)c1NC(=O)N1CCC2(CCOC2)C1. The first kappa shape index (κ1) is 13.7. The Balaban J connectivity index is 1.68. The van der Waals surface area contributed by atoms with Crippen LogP contribution in [0.4, 0.5) is 10.5 Å². The zero-order chi connectivity index (χ0) is 14.2. The fourth-order valence-electron chi connectivity index (χ4n) is 3.06. The van der Waals surface area contributed by atoms with Gasteiger partial charge in [-0.1, -0.05) is 23.7 Å². The van der Waals surface area contributed by atoms with Gasteiger partial charge in [-0.05, 0) is 31.4 Å². The fraction of sp³-hybridized carbons (Fsp3) is 0.533. The monoisotopic (exact) mass is 294 g/mol. The van der Waals surface area contributed by atoms with Gasteiger partial charge in [-0.25, -0.2) is 4.79 Å². The largest absolute Gasteiger partial charge is 0.381 e. The second-order valence-corrected chi connectivity index (χ2v) is 6.24. The lowest BCUT2D eigenvalue weighted by atomic mass is 9.87. The second-order valence-electron chi connectivity index (χ2n) is 5.84. The number of ether oxygens (including phenoxy) is 1. The molecule has 0 aliphatic carbocycles. The molecule has 1 unspecified atom stereocenters. The zero-order valence-corrected chi connectivity index (χ0v) is 12.4. The maximum atomic E-state index is 12.4. The van der Waals surface area contributed by atoms with Gasteiger partial charge in [0.25, 0.3) is 0 Å². The normalized spacial score (nSPS) is 25.4. The van der Waals surface area contributed by atoms with Crippen molar-refractivity contribution in [1.82, 2.24) is 4.90 Å². The van der Waals surface area contributed by atoms with Crippen LogP contribution in [0.3, 0.4) is 0 Å². The van der Waals surface area contributed by atoms with Crippen molar-refractivity contribution in [3.63, 3.8) is 0 Å². The quantitative estimate of drug-likeness (QED) is 0.863. The lowest BCUT2D eigenvalue weighted by molar-refractivity contribution is 0.154. The minimum Gasteiger partial charge on any atom is -0.381 e. The van der Waals surface area contributed by atoms with E-state index in [0.717, 1.165) is 44.7 Å². The number of aryl methyl sites for hydroxylation is 1. The van der Waals surface area contributed by atoms with E-state index in [0.29, 0.717) is 10.7 Å². The average molecular weight is 295 g/mol. The van der Waals surface area contributed by atoms with Gasteiger partial charge >= 0.3 is 6.03 Å². The van der Waals surface area contributed by atoms with E-state index in [1.54, 1.807) is 6.07 Å². The number of amides is 2. The summed E-state index contributed by atoms with van der Waals surface area (Å²) in [6, 6.07) is 5.55. The number of carbonyl (C=O) groups excluding carboxylic acids is 1. The topological polar surface area (TPSA) is 41.6 Å². The fourth-order valence-corrected chi connectivity index (χ4v) is 3.33. The molecule has 4 nitrogen and oxygen atoms in total. The lowest BCUT2D eigenvalue weighted by Gasteiger charge is -2.22. The molecule has 2 aliphatic heterocycles. The zero-order valence-electron chi connectivity index (χ0n) is 11.6. The van der Waals surface area contributed by atoms with Crippen molar-refractivity contribution in [2.24, 2.45) is 5.41 Å². The third-order valence-corrected chi connectivity index (χ3v) is 4.68. The summed E-state index contributed by atoms with van der Waals surface area (Å²) in [6.45, 7) is 5.11. The van der Waals surface area contributed by atoms with Crippen LogP contribution in [0.1, 0.15) is 18.4 Å². The predicted molar refractivity (Wildman–Crippen MR) is 79.3 cm³/mol. The number of carbonyl (C=O) groups is 1. The molecule has 5 heteroatoms. The molecule has 2 heterocycles. The van der Waals surface area contributed by atoms with E-state index in [1.807, 2.05) is 24.0 Å². The molecule has 20 heavy (non-hydrogen) atoms. The van der Waals surface area contributed by atoms with E-state index in [2.05, 4.69) is 5.32 Å². The first-order valence-corrected chi connectivity index (χ1v) is 7.36. The molecule has 0 saturated carbocycles. The molecule has 108 valence electrons. The minimum absolute atomic E-state index is 0.0648. The van der Waals surface area contributed by atoms with Crippen LogP contribution < -0.4 is 5.32 Å². The van der Waals surface area contributed by atoms with Gasteiger partial charge in [-0.15, -0.1) is 0 Å². The number of para-hydroxylation sites is 1. The Labute approximate surface area is 124 Å². The third-order valence-electron chi connectivity index (χ3n) is 4.36. The highest BCUT2D eigenvalue weighted by molar-refractivity contribution is 6.33. The maximum Gasteiger partial charge on any atom is 0.321 e. The molecule has 1 aromatic carbocycles. The van der Waals surface area contributed by atoms with E-state index >= 15 is 0 Å². The van der Waals surface area contributed by atoms with Crippen LogP contribution in [0.2, 0.25) is 5.02 Å². The molecule has 1 aromatic rings. The van der Waals surface area contributed by atoms with Crippen molar-refractivity contribution in [3.8, 4) is 0 Å². The van der Waals surface area contributed by atoms with E-state index in [9.17, 15) is 4.79 Å². The molecule has 2 fully saturated rings. The minimum atomic E-state index is -0.0648. The van der Waals surface area contributed by atoms with Gasteiger partial charge in [0.15, 0.2) is 0 Å². The van der Waals surface area contributed by atoms with E-state index < -0.39 is 0 Å². The first-order chi connectivity index (χ1) is 9.60. The smallest absolute Gasteiger partial charge is 0.321 e. The molecular weight excluding hydrogens is 276 g/mol. The number of rotatable bonds is 1. The van der Waals surface area contributed by atoms with Gasteiger partial charge in [0.1, 0.15) is 0 Å². The van der Waals surface area contributed by atoms with E-state index in [4.69, 9.17) is 16.3 Å². The van der Waals surface area contributed by atoms with Gasteiger partial charge in [0.2, 0.25) is 0 Å². The van der Waals surface area contributed by atoms with Crippen molar-refractivity contribution in [2.75, 3.05) is 31.6 Å². The number of hydrogen-bond donors (Lipinski definition) is 1. The number of halogens is 1. The number of benzene rings is 1. The van der Waals surface area contributed by atoms with Crippen LogP contribution in [0, 0.1) is 12.3 Å². The summed E-state index contributed by atoms with van der Waals surface area (Å²) >= 11 is 6.15. The Bertz CT molecular complexity index is 506. The first-order valence-electron chi connectivity index (χ1n) is 6.98. The van der Waals surface area contributed by atoms with Crippen LogP contribution >= 0.6 is 11.6 Å². The van der Waals surface area contributed by atoms with Crippen LogP contribution in [-0.4, -0.2) is 37.2 Å². The van der Waals surface area contributed by atoms with E-state index in [1.165, 1.54) is 0 Å². The van der Waals surface area contributed by atoms with E-state index in [-0.39, 0.29) is 11.4 Å². The Morgan fingerprint density at radius 3 is 3.00 bits per heavy atom. The summed E-state index contributed by atoms with van der Waals surface area (Å²) in [5.41, 5.74) is 1.87. The molecular formula is C15H19ClN2O2. The molecule has 1 N–H and O–H groups in total. The molecule has 3 rings (SSSR count). The number of nitrogens with zero attached hydrogens (tertiary/aromatic N) is 1. The molecule has 0 bridgehead atoms. The van der Waals surface area contributed by atoms with Crippen LogP contribution in [0.5, 0.6) is 0 Å². The highest BCUT2D eigenvalue weighted by Gasteiger charge is 2.42. The summed E-state index contributed by atoms with van der Waals surface area (Å²) in [5.74, 6) is 0. The Kier molecular flexibility index (Phi) is 3.61. The number of anilines is 1. The standard InChI is InChI=1S/C15H19ClN2O2/c1-11-3-2-4-12(16)13(11)17-14(19)18-7-5-15(9-18)6-8-20-10-15/h2-4H,5-10H2,1H3,(H,17,19). The van der Waals surface area contributed by atoms with Crippen LogP contribution in [0.25, 0.3) is 0 Å². The van der Waals surface area contributed by atoms with Gasteiger partial charge < -0.3 is 15.0 Å². The average Bonchev–Trinajstić information content (AvgIpc) is 3.05.